The van der Waals surface area contributed by atoms with Crippen LogP contribution in [-0.2, 0) is 9.59 Å². The summed E-state index contributed by atoms with van der Waals surface area (Å²) in [6.07, 6.45) is 0.303. The molecule has 9 heteroatoms. The van der Waals surface area contributed by atoms with Gasteiger partial charge in [0, 0.05) is 51.8 Å². The van der Waals surface area contributed by atoms with Gasteiger partial charge in [-0.2, -0.15) is 4.98 Å². The number of aromatic amines is 1. The molecule has 0 aliphatic carbocycles. The van der Waals surface area contributed by atoms with Crippen LogP contribution in [-0.4, -0.2) is 70.9 Å². The number of carbonyl (C=O) groups excluding carboxylic acids is 2. The minimum absolute atomic E-state index is 0.0441. The molecule has 2 aliphatic heterocycles. The van der Waals surface area contributed by atoms with Crippen molar-refractivity contribution in [2.75, 3.05) is 49.9 Å². The maximum Gasteiger partial charge on any atom is 0.254 e. The Morgan fingerprint density at radius 1 is 1.31 bits per heavy atom. The van der Waals surface area contributed by atoms with Crippen LogP contribution in [0, 0.1) is 11.8 Å². The molecule has 26 heavy (non-hydrogen) atoms. The SMILES string of the molecule is CC(C)CN1C[C@@H](C(=O)N2CCN(c3cc(=O)[nH]c(N)n3)CC2)CC1=O. The number of anilines is 2. The smallest absolute Gasteiger partial charge is 0.254 e. The first-order valence-corrected chi connectivity index (χ1v) is 9.02. The maximum absolute atomic E-state index is 12.8. The van der Waals surface area contributed by atoms with Crippen LogP contribution in [0.5, 0.6) is 0 Å². The molecule has 2 saturated heterocycles. The van der Waals surface area contributed by atoms with Gasteiger partial charge in [0.15, 0.2) is 0 Å². The highest BCUT2D eigenvalue weighted by Crippen LogP contribution is 2.22. The molecule has 2 fully saturated rings. The number of likely N-dealkylation sites (tertiary alicyclic amines) is 1. The zero-order chi connectivity index (χ0) is 18.8. The molecular formula is C17H26N6O3. The van der Waals surface area contributed by atoms with Crippen molar-refractivity contribution in [3.63, 3.8) is 0 Å². The van der Waals surface area contributed by atoms with Crippen LogP contribution >= 0.6 is 0 Å². The number of hydrogen-bond acceptors (Lipinski definition) is 6. The highest BCUT2D eigenvalue weighted by molar-refractivity contribution is 5.89. The number of nitrogens with one attached hydrogen (secondary N) is 1. The molecular weight excluding hydrogens is 336 g/mol. The van der Waals surface area contributed by atoms with Gasteiger partial charge >= 0.3 is 0 Å². The van der Waals surface area contributed by atoms with E-state index in [1.54, 1.807) is 4.90 Å². The van der Waals surface area contributed by atoms with Crippen molar-refractivity contribution in [3.8, 4) is 0 Å². The van der Waals surface area contributed by atoms with E-state index in [0.29, 0.717) is 57.4 Å². The number of carbonyl (C=O) groups is 2. The van der Waals surface area contributed by atoms with Crippen molar-refractivity contribution in [1.29, 1.82) is 0 Å². The van der Waals surface area contributed by atoms with Crippen molar-refractivity contribution >= 4 is 23.6 Å². The van der Waals surface area contributed by atoms with E-state index in [9.17, 15) is 14.4 Å². The average Bonchev–Trinajstić information content (AvgIpc) is 2.93. The third-order valence-electron chi connectivity index (χ3n) is 4.81. The zero-order valence-electron chi connectivity index (χ0n) is 15.3. The Balaban J connectivity index is 1.57. The number of hydrogen-bond donors (Lipinski definition) is 2. The van der Waals surface area contributed by atoms with Crippen LogP contribution in [0.25, 0.3) is 0 Å². The summed E-state index contributed by atoms with van der Waals surface area (Å²) in [4.78, 5) is 48.5. The molecule has 3 heterocycles. The second kappa shape index (κ2) is 7.35. The van der Waals surface area contributed by atoms with Gasteiger partial charge in [-0.05, 0) is 5.92 Å². The van der Waals surface area contributed by atoms with Gasteiger partial charge in [0.1, 0.15) is 5.82 Å². The second-order valence-electron chi connectivity index (χ2n) is 7.39. The fourth-order valence-corrected chi connectivity index (χ4v) is 3.59. The second-order valence-corrected chi connectivity index (χ2v) is 7.39. The van der Waals surface area contributed by atoms with Crippen molar-refractivity contribution < 1.29 is 9.59 Å². The number of piperazine rings is 1. The molecule has 0 radical (unpaired) electrons. The van der Waals surface area contributed by atoms with E-state index in [2.05, 4.69) is 23.8 Å². The van der Waals surface area contributed by atoms with E-state index in [-0.39, 0.29) is 29.2 Å². The summed E-state index contributed by atoms with van der Waals surface area (Å²) in [5.74, 6) is 0.867. The van der Waals surface area contributed by atoms with E-state index < -0.39 is 0 Å². The minimum Gasteiger partial charge on any atom is -0.369 e. The normalized spacial score (nSPS) is 21.0. The zero-order valence-corrected chi connectivity index (χ0v) is 15.3. The Bertz CT molecular complexity index is 738. The molecule has 3 rings (SSSR count). The van der Waals surface area contributed by atoms with Crippen LogP contribution in [0.2, 0.25) is 0 Å². The van der Waals surface area contributed by atoms with Crippen molar-refractivity contribution in [2.24, 2.45) is 11.8 Å². The predicted molar refractivity (Wildman–Crippen MR) is 97.6 cm³/mol. The molecule has 9 nitrogen and oxygen atoms in total. The number of aromatic nitrogens is 2. The lowest BCUT2D eigenvalue weighted by atomic mass is 10.1. The summed E-state index contributed by atoms with van der Waals surface area (Å²) >= 11 is 0. The first-order chi connectivity index (χ1) is 12.3. The molecule has 142 valence electrons. The molecule has 1 aromatic rings. The molecule has 0 saturated carbocycles. The highest BCUT2D eigenvalue weighted by Gasteiger charge is 2.37. The molecule has 3 N–H and O–H groups in total. The number of nitrogens with zero attached hydrogens (tertiary/aromatic N) is 4. The standard InChI is InChI=1S/C17H26N6O3/c1-11(2)9-23-10-12(7-15(23)25)16(26)22-5-3-21(4-6-22)13-8-14(24)20-17(18)19-13/h8,11-12H,3-7,9-10H2,1-2H3,(H3,18,19,20,24)/t12-/m0/s1. The van der Waals surface area contributed by atoms with Crippen LogP contribution in [0.1, 0.15) is 20.3 Å². The van der Waals surface area contributed by atoms with Gasteiger partial charge < -0.3 is 20.4 Å². The van der Waals surface area contributed by atoms with Crippen LogP contribution < -0.4 is 16.2 Å². The highest BCUT2D eigenvalue weighted by atomic mass is 16.2. The third kappa shape index (κ3) is 3.97. The monoisotopic (exact) mass is 362 g/mol. The first kappa shape index (κ1) is 18.2. The molecule has 0 bridgehead atoms. The summed E-state index contributed by atoms with van der Waals surface area (Å²) in [7, 11) is 0. The Morgan fingerprint density at radius 3 is 2.62 bits per heavy atom. The summed E-state index contributed by atoms with van der Waals surface area (Å²) < 4.78 is 0. The van der Waals surface area contributed by atoms with Gasteiger partial charge in [-0.3, -0.25) is 19.4 Å². The minimum atomic E-state index is -0.291. The van der Waals surface area contributed by atoms with Gasteiger partial charge in [0.2, 0.25) is 17.8 Å². The summed E-state index contributed by atoms with van der Waals surface area (Å²) in [6.45, 7) is 7.60. The fraction of sp³-hybridized carbons (Fsp3) is 0.647. The van der Waals surface area contributed by atoms with E-state index in [4.69, 9.17) is 5.73 Å². The van der Waals surface area contributed by atoms with Crippen LogP contribution in [0.15, 0.2) is 10.9 Å². The van der Waals surface area contributed by atoms with Gasteiger partial charge in [-0.25, -0.2) is 0 Å². The third-order valence-corrected chi connectivity index (χ3v) is 4.81. The molecule has 0 spiro atoms. The van der Waals surface area contributed by atoms with Crippen molar-refractivity contribution in [3.05, 3.63) is 16.4 Å². The molecule has 0 aromatic carbocycles. The number of nitrogens with two attached hydrogens (primary N) is 1. The van der Waals surface area contributed by atoms with E-state index in [0.717, 1.165) is 0 Å². The summed E-state index contributed by atoms with van der Waals surface area (Å²) in [6, 6.07) is 1.41. The van der Waals surface area contributed by atoms with Crippen molar-refractivity contribution in [1.82, 2.24) is 19.8 Å². The lowest BCUT2D eigenvalue weighted by Crippen LogP contribution is -2.51. The fourth-order valence-electron chi connectivity index (χ4n) is 3.59. The molecule has 0 unspecified atom stereocenters. The first-order valence-electron chi connectivity index (χ1n) is 9.02. The lowest BCUT2D eigenvalue weighted by molar-refractivity contribution is -0.136. The molecule has 1 atom stereocenters. The average molecular weight is 362 g/mol. The Labute approximate surface area is 152 Å². The number of amides is 2. The van der Waals surface area contributed by atoms with Crippen LogP contribution in [0.3, 0.4) is 0 Å². The van der Waals surface area contributed by atoms with Gasteiger partial charge in [0.25, 0.3) is 5.56 Å². The van der Waals surface area contributed by atoms with Crippen molar-refractivity contribution in [2.45, 2.75) is 20.3 Å². The van der Waals surface area contributed by atoms with E-state index >= 15 is 0 Å². The molecule has 2 aliphatic rings. The Morgan fingerprint density at radius 2 is 2.00 bits per heavy atom. The summed E-state index contributed by atoms with van der Waals surface area (Å²) in [5, 5.41) is 0. The predicted octanol–water partition coefficient (Wildman–Crippen LogP) is -0.495. The van der Waals surface area contributed by atoms with Gasteiger partial charge in [-0.15, -0.1) is 0 Å². The van der Waals surface area contributed by atoms with E-state index in [1.165, 1.54) is 6.07 Å². The Kier molecular flexibility index (Phi) is 5.15. The quantitative estimate of drug-likeness (QED) is 0.746. The number of rotatable bonds is 4. The largest absolute Gasteiger partial charge is 0.369 e. The number of H-pyrrole nitrogens is 1. The molecule has 1 aromatic heterocycles. The number of nitrogen functional groups attached to an aromatic ring is 1. The van der Waals surface area contributed by atoms with Gasteiger partial charge in [0.05, 0.1) is 5.92 Å². The summed E-state index contributed by atoms with van der Waals surface area (Å²) in [5.41, 5.74) is 5.30. The Hall–Kier alpha value is -2.58. The topological polar surface area (TPSA) is 116 Å². The molecule has 2 amide bonds. The van der Waals surface area contributed by atoms with Crippen LogP contribution in [0.4, 0.5) is 11.8 Å². The lowest BCUT2D eigenvalue weighted by Gasteiger charge is -2.36. The maximum atomic E-state index is 12.8. The van der Waals surface area contributed by atoms with Gasteiger partial charge in [-0.1, -0.05) is 13.8 Å². The van der Waals surface area contributed by atoms with E-state index in [1.807, 2.05) is 9.80 Å².